The third-order valence-electron chi connectivity index (χ3n) is 3.96. The van der Waals surface area contributed by atoms with Crippen molar-refractivity contribution in [2.75, 3.05) is 13.2 Å². The number of amides is 1. The molecule has 0 aliphatic carbocycles. The van der Waals surface area contributed by atoms with Crippen LogP contribution in [0.4, 0.5) is 5.69 Å². The second-order valence-corrected chi connectivity index (χ2v) is 6.01. The number of carbonyl (C=O) groups is 1. The molecule has 1 amide bonds. The Bertz CT molecular complexity index is 729. The van der Waals surface area contributed by atoms with Gasteiger partial charge in [-0.15, -0.1) is 0 Å². The SMILES string of the molecule is CCCCCOc1cccc(C(=O)NCCc2ccc([N+](=O)[O-])cc2)c1. The molecule has 2 aromatic rings. The van der Waals surface area contributed by atoms with E-state index in [0.717, 1.165) is 24.8 Å². The Morgan fingerprint density at radius 1 is 1.15 bits per heavy atom. The van der Waals surface area contributed by atoms with E-state index in [1.807, 2.05) is 6.07 Å². The van der Waals surface area contributed by atoms with E-state index >= 15 is 0 Å². The normalized spacial score (nSPS) is 10.3. The van der Waals surface area contributed by atoms with E-state index in [1.165, 1.54) is 12.1 Å². The summed E-state index contributed by atoms with van der Waals surface area (Å²) in [6.07, 6.45) is 3.88. The van der Waals surface area contributed by atoms with E-state index in [4.69, 9.17) is 4.74 Å². The molecule has 6 heteroatoms. The fourth-order valence-corrected chi connectivity index (χ4v) is 2.48. The molecule has 0 aliphatic heterocycles. The van der Waals surface area contributed by atoms with Crippen molar-refractivity contribution in [3.05, 3.63) is 69.8 Å². The molecule has 0 fully saturated rings. The topological polar surface area (TPSA) is 81.5 Å². The minimum absolute atomic E-state index is 0.0635. The maximum atomic E-state index is 12.3. The van der Waals surface area contributed by atoms with E-state index in [0.29, 0.717) is 30.9 Å². The first kappa shape index (κ1) is 19.4. The van der Waals surface area contributed by atoms with Crippen molar-refractivity contribution in [3.63, 3.8) is 0 Å². The Labute approximate surface area is 153 Å². The van der Waals surface area contributed by atoms with E-state index in [9.17, 15) is 14.9 Å². The van der Waals surface area contributed by atoms with Crippen molar-refractivity contribution >= 4 is 11.6 Å². The highest BCUT2D eigenvalue weighted by atomic mass is 16.6. The molecule has 0 spiro atoms. The molecule has 0 saturated heterocycles. The quantitative estimate of drug-likeness (QED) is 0.394. The van der Waals surface area contributed by atoms with Gasteiger partial charge in [0.25, 0.3) is 11.6 Å². The number of rotatable bonds is 10. The first-order valence-electron chi connectivity index (χ1n) is 8.84. The lowest BCUT2D eigenvalue weighted by Gasteiger charge is -2.09. The van der Waals surface area contributed by atoms with Gasteiger partial charge < -0.3 is 10.1 Å². The van der Waals surface area contributed by atoms with Crippen molar-refractivity contribution in [1.29, 1.82) is 0 Å². The lowest BCUT2D eigenvalue weighted by molar-refractivity contribution is -0.384. The van der Waals surface area contributed by atoms with Crippen LogP contribution in [0.1, 0.15) is 42.1 Å². The summed E-state index contributed by atoms with van der Waals surface area (Å²) < 4.78 is 5.67. The first-order valence-corrected chi connectivity index (χ1v) is 8.84. The third kappa shape index (κ3) is 6.20. The molecule has 0 aliphatic rings. The minimum atomic E-state index is -0.428. The van der Waals surface area contributed by atoms with E-state index in [1.54, 1.807) is 30.3 Å². The van der Waals surface area contributed by atoms with Crippen molar-refractivity contribution in [3.8, 4) is 5.75 Å². The molecule has 0 radical (unpaired) electrons. The van der Waals surface area contributed by atoms with Gasteiger partial charge in [0.2, 0.25) is 0 Å². The maximum absolute atomic E-state index is 12.3. The Balaban J connectivity index is 1.81. The van der Waals surface area contributed by atoms with Crippen LogP contribution in [-0.2, 0) is 6.42 Å². The average Bonchev–Trinajstić information content (AvgIpc) is 2.66. The molecule has 0 aromatic heterocycles. The van der Waals surface area contributed by atoms with Crippen LogP contribution < -0.4 is 10.1 Å². The van der Waals surface area contributed by atoms with Crippen LogP contribution in [0.3, 0.4) is 0 Å². The van der Waals surface area contributed by atoms with Gasteiger partial charge in [0, 0.05) is 24.2 Å². The second kappa shape index (κ2) is 10.2. The van der Waals surface area contributed by atoms with Gasteiger partial charge in [-0.25, -0.2) is 0 Å². The molecular formula is C20H24N2O4. The van der Waals surface area contributed by atoms with E-state index < -0.39 is 4.92 Å². The molecule has 138 valence electrons. The summed E-state index contributed by atoms with van der Waals surface area (Å²) in [4.78, 5) is 22.5. The molecule has 1 N–H and O–H groups in total. The summed E-state index contributed by atoms with van der Waals surface area (Å²) in [6.45, 7) is 3.25. The molecule has 0 saturated carbocycles. The van der Waals surface area contributed by atoms with Crippen LogP contribution in [-0.4, -0.2) is 24.0 Å². The molecule has 0 bridgehead atoms. The lowest BCUT2D eigenvalue weighted by atomic mass is 10.1. The summed E-state index contributed by atoms with van der Waals surface area (Å²) in [6, 6.07) is 13.5. The molecule has 6 nitrogen and oxygen atoms in total. The molecular weight excluding hydrogens is 332 g/mol. The number of nitro benzene ring substituents is 1. The fourth-order valence-electron chi connectivity index (χ4n) is 2.48. The number of ether oxygens (including phenoxy) is 1. The number of nitro groups is 1. The van der Waals surface area contributed by atoms with Gasteiger partial charge in [-0.1, -0.05) is 38.0 Å². The number of non-ortho nitro benzene ring substituents is 1. The van der Waals surface area contributed by atoms with Gasteiger partial charge in [-0.3, -0.25) is 14.9 Å². The van der Waals surface area contributed by atoms with Crippen LogP contribution in [0.25, 0.3) is 0 Å². The van der Waals surface area contributed by atoms with Gasteiger partial charge in [-0.2, -0.15) is 0 Å². The number of nitrogens with one attached hydrogen (secondary N) is 1. The molecule has 26 heavy (non-hydrogen) atoms. The average molecular weight is 356 g/mol. The molecule has 0 heterocycles. The molecule has 0 atom stereocenters. The number of hydrogen-bond acceptors (Lipinski definition) is 4. The lowest BCUT2D eigenvalue weighted by Crippen LogP contribution is -2.25. The molecule has 2 rings (SSSR count). The first-order chi connectivity index (χ1) is 12.6. The number of hydrogen-bond donors (Lipinski definition) is 1. The summed E-state index contributed by atoms with van der Waals surface area (Å²) in [7, 11) is 0. The largest absolute Gasteiger partial charge is 0.494 e. The van der Waals surface area contributed by atoms with Gasteiger partial charge in [0.05, 0.1) is 11.5 Å². The smallest absolute Gasteiger partial charge is 0.269 e. The van der Waals surface area contributed by atoms with Gasteiger partial charge in [0.15, 0.2) is 0 Å². The van der Waals surface area contributed by atoms with Crippen LogP contribution in [0.15, 0.2) is 48.5 Å². The maximum Gasteiger partial charge on any atom is 0.269 e. The second-order valence-electron chi connectivity index (χ2n) is 6.01. The highest BCUT2D eigenvalue weighted by molar-refractivity contribution is 5.94. The van der Waals surface area contributed by atoms with Crippen molar-refractivity contribution < 1.29 is 14.5 Å². The van der Waals surface area contributed by atoms with Gasteiger partial charge in [-0.05, 0) is 36.6 Å². The Morgan fingerprint density at radius 3 is 2.62 bits per heavy atom. The zero-order chi connectivity index (χ0) is 18.8. The fraction of sp³-hybridized carbons (Fsp3) is 0.350. The summed E-state index contributed by atoms with van der Waals surface area (Å²) in [5, 5.41) is 13.5. The van der Waals surface area contributed by atoms with Crippen LogP contribution in [0.2, 0.25) is 0 Å². The Hall–Kier alpha value is -2.89. The number of carbonyl (C=O) groups excluding carboxylic acids is 1. The predicted octanol–water partition coefficient (Wildman–Crippen LogP) is 4.14. The van der Waals surface area contributed by atoms with Crippen LogP contribution in [0.5, 0.6) is 5.75 Å². The zero-order valence-electron chi connectivity index (χ0n) is 14.9. The summed E-state index contributed by atoms with van der Waals surface area (Å²) >= 11 is 0. The summed E-state index contributed by atoms with van der Waals surface area (Å²) in [5.74, 6) is 0.537. The van der Waals surface area contributed by atoms with Crippen LogP contribution >= 0.6 is 0 Å². The van der Waals surface area contributed by atoms with Crippen LogP contribution in [0, 0.1) is 10.1 Å². The number of unbranched alkanes of at least 4 members (excludes halogenated alkanes) is 2. The minimum Gasteiger partial charge on any atom is -0.494 e. The third-order valence-corrected chi connectivity index (χ3v) is 3.96. The Morgan fingerprint density at radius 2 is 1.92 bits per heavy atom. The van der Waals surface area contributed by atoms with E-state index in [2.05, 4.69) is 12.2 Å². The van der Waals surface area contributed by atoms with Crippen molar-refractivity contribution in [2.45, 2.75) is 32.6 Å². The van der Waals surface area contributed by atoms with Gasteiger partial charge >= 0.3 is 0 Å². The highest BCUT2D eigenvalue weighted by Gasteiger charge is 2.07. The summed E-state index contributed by atoms with van der Waals surface area (Å²) in [5.41, 5.74) is 1.55. The zero-order valence-corrected chi connectivity index (χ0v) is 14.9. The predicted molar refractivity (Wildman–Crippen MR) is 101 cm³/mol. The van der Waals surface area contributed by atoms with E-state index in [-0.39, 0.29) is 11.6 Å². The number of nitrogens with zero attached hydrogens (tertiary/aromatic N) is 1. The monoisotopic (exact) mass is 356 g/mol. The molecule has 2 aromatic carbocycles. The number of benzene rings is 2. The van der Waals surface area contributed by atoms with Crippen molar-refractivity contribution in [1.82, 2.24) is 5.32 Å². The Kier molecular flexibility index (Phi) is 7.61. The highest BCUT2D eigenvalue weighted by Crippen LogP contribution is 2.14. The van der Waals surface area contributed by atoms with Gasteiger partial charge in [0.1, 0.15) is 5.75 Å². The molecule has 0 unspecified atom stereocenters. The standard InChI is InChI=1S/C20H24N2O4/c1-2-3-4-14-26-19-7-5-6-17(15-19)20(23)21-13-12-16-8-10-18(11-9-16)22(24)25/h5-11,15H,2-4,12-14H2,1H3,(H,21,23). The van der Waals surface area contributed by atoms with Crippen molar-refractivity contribution in [2.24, 2.45) is 0 Å².